The van der Waals surface area contributed by atoms with Crippen LogP contribution in [0.1, 0.15) is 32.4 Å². The summed E-state index contributed by atoms with van der Waals surface area (Å²) in [6.45, 7) is 0.0498. The molecule has 1 aromatic carbocycles. The second-order valence-electron chi connectivity index (χ2n) is 5.47. The maximum atomic E-state index is 12.1. The van der Waals surface area contributed by atoms with Crippen LogP contribution in [0.15, 0.2) is 47.0 Å². The summed E-state index contributed by atoms with van der Waals surface area (Å²) in [6.07, 6.45) is 4.99. The highest BCUT2D eigenvalue weighted by Crippen LogP contribution is 2.31. The summed E-state index contributed by atoms with van der Waals surface area (Å²) < 4.78 is 10.9. The molecule has 3 aromatic rings. The number of fused-ring (bicyclic) bond motifs is 1. The van der Waals surface area contributed by atoms with E-state index >= 15 is 0 Å². The van der Waals surface area contributed by atoms with Gasteiger partial charge in [-0.05, 0) is 30.9 Å². The number of thiophene rings is 1. The third-order valence-electron chi connectivity index (χ3n) is 3.89. The first-order valence-electron chi connectivity index (χ1n) is 7.58. The minimum absolute atomic E-state index is 0.0498. The summed E-state index contributed by atoms with van der Waals surface area (Å²) in [5.74, 6) is 0.775. The Hall–Kier alpha value is -2.40. The van der Waals surface area contributed by atoms with Crippen LogP contribution in [-0.2, 0) is 24.2 Å². The van der Waals surface area contributed by atoms with Crippen LogP contribution < -0.4 is 0 Å². The van der Waals surface area contributed by atoms with Gasteiger partial charge >= 0.3 is 5.97 Å². The van der Waals surface area contributed by atoms with E-state index in [4.69, 9.17) is 9.15 Å². The van der Waals surface area contributed by atoms with Crippen molar-refractivity contribution >= 4 is 17.3 Å². The number of oxazole rings is 1. The van der Waals surface area contributed by atoms with Gasteiger partial charge in [0.25, 0.3) is 0 Å². The molecule has 0 aliphatic heterocycles. The summed E-state index contributed by atoms with van der Waals surface area (Å²) in [5.41, 5.74) is 2.25. The largest absolute Gasteiger partial charge is 0.451 e. The van der Waals surface area contributed by atoms with E-state index in [9.17, 15) is 4.79 Å². The van der Waals surface area contributed by atoms with Crippen molar-refractivity contribution in [2.24, 2.45) is 0 Å². The van der Waals surface area contributed by atoms with Gasteiger partial charge in [0.2, 0.25) is 5.89 Å². The molecule has 0 radical (unpaired) electrons. The summed E-state index contributed by atoms with van der Waals surface area (Å²) in [5, 5.41) is 0. The number of aryl methyl sites for hydroxylation is 2. The zero-order valence-corrected chi connectivity index (χ0v) is 13.3. The maximum Gasteiger partial charge on any atom is 0.348 e. The summed E-state index contributed by atoms with van der Waals surface area (Å²) >= 11 is 1.54. The molecule has 0 unspecified atom stereocenters. The van der Waals surface area contributed by atoms with Crippen molar-refractivity contribution in [1.82, 2.24) is 4.98 Å². The van der Waals surface area contributed by atoms with Gasteiger partial charge in [-0.15, -0.1) is 11.3 Å². The van der Waals surface area contributed by atoms with E-state index < -0.39 is 0 Å². The fraction of sp³-hybridized carbons (Fsp3) is 0.222. The smallest absolute Gasteiger partial charge is 0.348 e. The van der Waals surface area contributed by atoms with Crippen molar-refractivity contribution in [3.63, 3.8) is 0 Å². The van der Waals surface area contributed by atoms with Crippen molar-refractivity contribution < 1.29 is 13.9 Å². The van der Waals surface area contributed by atoms with Gasteiger partial charge in [-0.3, -0.25) is 0 Å². The lowest BCUT2D eigenvalue weighted by molar-refractivity contribution is 0.0444. The lowest BCUT2D eigenvalue weighted by Crippen LogP contribution is -2.03. The topological polar surface area (TPSA) is 52.3 Å². The molecule has 2 aromatic heterocycles. The van der Waals surface area contributed by atoms with Gasteiger partial charge in [0.1, 0.15) is 4.88 Å². The zero-order chi connectivity index (χ0) is 15.6. The van der Waals surface area contributed by atoms with E-state index in [0.29, 0.717) is 16.5 Å². The molecule has 23 heavy (non-hydrogen) atoms. The average molecular weight is 325 g/mol. The monoisotopic (exact) mass is 325 g/mol. The van der Waals surface area contributed by atoms with E-state index in [-0.39, 0.29) is 12.6 Å². The number of nitrogens with zero attached hydrogens (tertiary/aromatic N) is 1. The zero-order valence-electron chi connectivity index (χ0n) is 12.5. The Morgan fingerprint density at radius 2 is 2.13 bits per heavy atom. The highest BCUT2D eigenvalue weighted by atomic mass is 32.1. The normalized spacial score (nSPS) is 13.0. The molecule has 1 aliphatic carbocycles. The third-order valence-corrected chi connectivity index (χ3v) is 5.10. The second-order valence-corrected chi connectivity index (χ2v) is 6.61. The fourth-order valence-electron chi connectivity index (χ4n) is 2.74. The third kappa shape index (κ3) is 2.92. The minimum Gasteiger partial charge on any atom is -0.451 e. The molecule has 1 aliphatic rings. The number of hydrogen-bond acceptors (Lipinski definition) is 5. The van der Waals surface area contributed by atoms with Gasteiger partial charge in [0.05, 0.1) is 6.20 Å². The Labute approximate surface area is 137 Å². The van der Waals surface area contributed by atoms with Crippen LogP contribution in [0, 0.1) is 0 Å². The van der Waals surface area contributed by atoms with E-state index in [1.165, 1.54) is 16.9 Å². The van der Waals surface area contributed by atoms with Gasteiger partial charge in [-0.1, -0.05) is 30.3 Å². The van der Waals surface area contributed by atoms with Gasteiger partial charge in [-0.25, -0.2) is 9.78 Å². The predicted octanol–water partition coefficient (Wildman–Crippen LogP) is 4.25. The number of carbonyl (C=O) groups excluding carboxylic acids is 1. The molecule has 0 amide bonds. The highest BCUT2D eigenvalue weighted by Gasteiger charge is 2.19. The quantitative estimate of drug-likeness (QED) is 0.673. The first kappa shape index (κ1) is 14.2. The van der Waals surface area contributed by atoms with E-state index in [1.54, 1.807) is 17.5 Å². The Morgan fingerprint density at radius 1 is 1.26 bits per heavy atom. The number of esters is 1. The molecule has 4 nitrogen and oxygen atoms in total. The predicted molar refractivity (Wildman–Crippen MR) is 87.4 cm³/mol. The maximum absolute atomic E-state index is 12.1. The van der Waals surface area contributed by atoms with Crippen LogP contribution in [0.4, 0.5) is 0 Å². The van der Waals surface area contributed by atoms with Gasteiger partial charge in [-0.2, -0.15) is 0 Å². The minimum atomic E-state index is -0.302. The highest BCUT2D eigenvalue weighted by molar-refractivity contribution is 7.14. The molecular weight excluding hydrogens is 310 g/mol. The first-order chi connectivity index (χ1) is 11.3. The standard InChI is InChI=1S/C18H15NO3S/c20-18(16-9-13-7-4-8-15(13)23-16)21-11-17-19-10-14(22-17)12-5-2-1-3-6-12/h1-3,5-6,9-10H,4,7-8,11H2. The van der Waals surface area contributed by atoms with Crippen molar-refractivity contribution in [2.45, 2.75) is 25.9 Å². The molecule has 5 heteroatoms. The van der Waals surface area contributed by atoms with Crippen LogP contribution in [-0.4, -0.2) is 11.0 Å². The van der Waals surface area contributed by atoms with Gasteiger partial charge < -0.3 is 9.15 Å². The first-order valence-corrected chi connectivity index (χ1v) is 8.40. The Balaban J connectivity index is 1.41. The molecule has 0 saturated carbocycles. The second kappa shape index (κ2) is 6.01. The molecule has 0 fully saturated rings. The Bertz CT molecular complexity index is 814. The number of benzene rings is 1. The number of rotatable bonds is 4. The van der Waals surface area contributed by atoms with Crippen LogP contribution >= 0.6 is 11.3 Å². The number of hydrogen-bond donors (Lipinski definition) is 0. The number of aromatic nitrogens is 1. The van der Waals surface area contributed by atoms with E-state index in [0.717, 1.165) is 18.4 Å². The lowest BCUT2D eigenvalue weighted by Gasteiger charge is -2.00. The van der Waals surface area contributed by atoms with Crippen LogP contribution in [0.5, 0.6) is 0 Å². The number of carbonyl (C=O) groups is 1. The van der Waals surface area contributed by atoms with E-state index in [2.05, 4.69) is 4.98 Å². The average Bonchev–Trinajstić information content (AvgIpc) is 3.29. The molecule has 0 atom stereocenters. The Kier molecular flexibility index (Phi) is 3.71. The van der Waals surface area contributed by atoms with E-state index in [1.807, 2.05) is 36.4 Å². The van der Waals surface area contributed by atoms with Crippen LogP contribution in [0.2, 0.25) is 0 Å². The fourth-order valence-corrected chi connectivity index (χ4v) is 3.89. The summed E-state index contributed by atoms with van der Waals surface area (Å²) in [4.78, 5) is 18.3. The molecule has 0 N–H and O–H groups in total. The SMILES string of the molecule is O=C(OCc1ncc(-c2ccccc2)o1)c1cc2c(s1)CCC2. The Morgan fingerprint density at radius 3 is 2.96 bits per heavy atom. The van der Waals surface area contributed by atoms with Crippen molar-refractivity contribution in [3.05, 3.63) is 63.8 Å². The molecule has 4 rings (SSSR count). The lowest BCUT2D eigenvalue weighted by atomic mass is 10.2. The van der Waals surface area contributed by atoms with Crippen molar-refractivity contribution in [1.29, 1.82) is 0 Å². The molecule has 2 heterocycles. The van der Waals surface area contributed by atoms with Crippen LogP contribution in [0.25, 0.3) is 11.3 Å². The molecule has 0 saturated heterocycles. The number of ether oxygens (including phenoxy) is 1. The van der Waals surface area contributed by atoms with Crippen molar-refractivity contribution in [3.8, 4) is 11.3 Å². The molecule has 116 valence electrons. The molecule has 0 spiro atoms. The van der Waals surface area contributed by atoms with Gasteiger partial charge in [0, 0.05) is 10.4 Å². The van der Waals surface area contributed by atoms with Crippen molar-refractivity contribution in [2.75, 3.05) is 0 Å². The van der Waals surface area contributed by atoms with Crippen LogP contribution in [0.3, 0.4) is 0 Å². The molecular formula is C18H15NO3S. The molecule has 0 bridgehead atoms. The summed E-state index contributed by atoms with van der Waals surface area (Å²) in [7, 11) is 0. The summed E-state index contributed by atoms with van der Waals surface area (Å²) in [6, 6.07) is 11.7. The van der Waals surface area contributed by atoms with Gasteiger partial charge in [0.15, 0.2) is 12.4 Å².